The molecule has 1 aliphatic rings. The van der Waals surface area contributed by atoms with E-state index in [1.54, 1.807) is 25.2 Å². The van der Waals surface area contributed by atoms with E-state index in [1.165, 1.54) is 17.1 Å². The van der Waals surface area contributed by atoms with Crippen LogP contribution in [0.25, 0.3) is 0 Å². The molecule has 0 spiro atoms. The van der Waals surface area contributed by atoms with Crippen molar-refractivity contribution in [2.24, 2.45) is 11.7 Å². The minimum Gasteiger partial charge on any atom is -0.380 e. The molecule has 0 aliphatic heterocycles. The van der Waals surface area contributed by atoms with Gasteiger partial charge in [0, 0.05) is 26.7 Å². The van der Waals surface area contributed by atoms with E-state index in [4.69, 9.17) is 10.5 Å². The van der Waals surface area contributed by atoms with Crippen molar-refractivity contribution in [3.63, 3.8) is 0 Å². The van der Waals surface area contributed by atoms with Crippen LogP contribution in [0.4, 0.5) is 0 Å². The van der Waals surface area contributed by atoms with Crippen molar-refractivity contribution in [3.8, 4) is 0 Å². The molecule has 0 bridgehead atoms. The average molecular weight is 312 g/mol. The van der Waals surface area contributed by atoms with E-state index in [0.717, 1.165) is 17.7 Å². The molecule has 0 unspecified atom stereocenters. The summed E-state index contributed by atoms with van der Waals surface area (Å²) in [5, 5.41) is 0. The molecule has 1 fully saturated rings. The number of rotatable bonds is 8. The molecule has 1 aromatic carbocycles. The van der Waals surface area contributed by atoms with Crippen LogP contribution in [-0.4, -0.2) is 39.5 Å². The standard InChI is InChI=1S/C15H24N2O3S/c1-12-3-6-15(9-14(12)10-16)21(18,19)17(2)7-8-20-11-13-4-5-13/h3,6,9,13H,4-5,7-8,10-11,16H2,1-2H3. The zero-order chi connectivity index (χ0) is 15.5. The van der Waals surface area contributed by atoms with Gasteiger partial charge >= 0.3 is 0 Å². The fourth-order valence-electron chi connectivity index (χ4n) is 2.06. The summed E-state index contributed by atoms with van der Waals surface area (Å²) in [5.41, 5.74) is 7.51. The first-order valence-electron chi connectivity index (χ1n) is 7.29. The van der Waals surface area contributed by atoms with Crippen molar-refractivity contribution in [1.29, 1.82) is 0 Å². The van der Waals surface area contributed by atoms with E-state index in [-0.39, 0.29) is 0 Å². The summed E-state index contributed by atoms with van der Waals surface area (Å²) in [7, 11) is -1.89. The van der Waals surface area contributed by atoms with Gasteiger partial charge in [-0.3, -0.25) is 0 Å². The second-order valence-corrected chi connectivity index (χ2v) is 7.68. The van der Waals surface area contributed by atoms with Crippen LogP contribution in [0, 0.1) is 12.8 Å². The number of hydrogen-bond acceptors (Lipinski definition) is 4. The van der Waals surface area contributed by atoms with Crippen LogP contribution in [0.3, 0.4) is 0 Å². The molecule has 0 saturated heterocycles. The summed E-state index contributed by atoms with van der Waals surface area (Å²) in [5.74, 6) is 0.691. The van der Waals surface area contributed by atoms with Crippen molar-refractivity contribution < 1.29 is 13.2 Å². The van der Waals surface area contributed by atoms with E-state index >= 15 is 0 Å². The van der Waals surface area contributed by atoms with E-state index in [1.807, 2.05) is 6.92 Å². The molecule has 0 amide bonds. The molecule has 0 aromatic heterocycles. The fraction of sp³-hybridized carbons (Fsp3) is 0.600. The molecule has 2 rings (SSSR count). The number of nitrogens with two attached hydrogens (primary N) is 1. The monoisotopic (exact) mass is 312 g/mol. The molecule has 1 aromatic rings. The Hall–Kier alpha value is -0.950. The fourth-order valence-corrected chi connectivity index (χ4v) is 3.26. The van der Waals surface area contributed by atoms with Gasteiger partial charge in [0.15, 0.2) is 0 Å². The van der Waals surface area contributed by atoms with Gasteiger partial charge in [0.05, 0.1) is 11.5 Å². The van der Waals surface area contributed by atoms with Gasteiger partial charge in [0.2, 0.25) is 10.0 Å². The third-order valence-corrected chi connectivity index (χ3v) is 5.70. The lowest BCUT2D eigenvalue weighted by Gasteiger charge is -2.18. The van der Waals surface area contributed by atoms with Crippen molar-refractivity contribution in [3.05, 3.63) is 29.3 Å². The van der Waals surface area contributed by atoms with Crippen molar-refractivity contribution in [1.82, 2.24) is 4.31 Å². The highest BCUT2D eigenvalue weighted by Gasteiger charge is 2.23. The van der Waals surface area contributed by atoms with Gasteiger partial charge in [0.25, 0.3) is 0 Å². The van der Waals surface area contributed by atoms with Crippen LogP contribution < -0.4 is 5.73 Å². The van der Waals surface area contributed by atoms with Crippen LogP contribution in [0.2, 0.25) is 0 Å². The molecule has 5 nitrogen and oxygen atoms in total. The van der Waals surface area contributed by atoms with Gasteiger partial charge in [-0.2, -0.15) is 4.31 Å². The van der Waals surface area contributed by atoms with Crippen molar-refractivity contribution >= 4 is 10.0 Å². The zero-order valence-corrected chi connectivity index (χ0v) is 13.5. The second-order valence-electron chi connectivity index (χ2n) is 5.64. The number of sulfonamides is 1. The lowest BCUT2D eigenvalue weighted by molar-refractivity contribution is 0.117. The Morgan fingerprint density at radius 2 is 2.10 bits per heavy atom. The Balaban J connectivity index is 1.98. The first-order chi connectivity index (χ1) is 9.95. The van der Waals surface area contributed by atoms with E-state index in [9.17, 15) is 8.42 Å². The number of hydrogen-bond donors (Lipinski definition) is 1. The van der Waals surface area contributed by atoms with Gasteiger partial charge in [-0.25, -0.2) is 8.42 Å². The maximum atomic E-state index is 12.5. The normalized spacial score (nSPS) is 15.6. The number of likely N-dealkylation sites (N-methyl/N-ethyl adjacent to an activating group) is 1. The van der Waals surface area contributed by atoms with Crippen molar-refractivity contribution in [2.75, 3.05) is 26.8 Å². The Morgan fingerprint density at radius 3 is 2.71 bits per heavy atom. The summed E-state index contributed by atoms with van der Waals surface area (Å²) in [6.45, 7) is 3.80. The lowest BCUT2D eigenvalue weighted by atomic mass is 10.1. The maximum absolute atomic E-state index is 12.5. The summed E-state index contributed by atoms with van der Waals surface area (Å²) in [4.78, 5) is 0.290. The third kappa shape index (κ3) is 4.26. The Morgan fingerprint density at radius 1 is 1.38 bits per heavy atom. The molecule has 0 heterocycles. The highest BCUT2D eigenvalue weighted by atomic mass is 32.2. The van der Waals surface area contributed by atoms with E-state index < -0.39 is 10.0 Å². The van der Waals surface area contributed by atoms with E-state index in [0.29, 0.717) is 30.5 Å². The molecule has 118 valence electrons. The number of ether oxygens (including phenoxy) is 1. The largest absolute Gasteiger partial charge is 0.380 e. The van der Waals surface area contributed by atoms with Gasteiger partial charge in [-0.15, -0.1) is 0 Å². The summed E-state index contributed by atoms with van der Waals surface area (Å²) in [6.07, 6.45) is 2.47. The SMILES string of the molecule is Cc1ccc(S(=O)(=O)N(C)CCOCC2CC2)cc1CN. The molecule has 6 heteroatoms. The molecule has 21 heavy (non-hydrogen) atoms. The van der Waals surface area contributed by atoms with Crippen LogP contribution in [-0.2, 0) is 21.3 Å². The van der Waals surface area contributed by atoms with Gasteiger partial charge < -0.3 is 10.5 Å². The van der Waals surface area contributed by atoms with E-state index in [2.05, 4.69) is 0 Å². The molecular weight excluding hydrogens is 288 g/mol. The predicted octanol–water partition coefficient (Wildman–Crippen LogP) is 1.50. The summed E-state index contributed by atoms with van der Waals surface area (Å²) >= 11 is 0. The second kappa shape index (κ2) is 6.87. The molecule has 1 aliphatic carbocycles. The van der Waals surface area contributed by atoms with Gasteiger partial charge in [-0.05, 0) is 48.9 Å². The Labute approximate surface area is 127 Å². The first-order valence-corrected chi connectivity index (χ1v) is 8.73. The van der Waals surface area contributed by atoms with Crippen LogP contribution in [0.1, 0.15) is 24.0 Å². The number of benzene rings is 1. The highest BCUT2D eigenvalue weighted by Crippen LogP contribution is 2.28. The maximum Gasteiger partial charge on any atom is 0.242 e. The topological polar surface area (TPSA) is 72.6 Å². The summed E-state index contributed by atoms with van der Waals surface area (Å²) < 4.78 is 31.8. The summed E-state index contributed by atoms with van der Waals surface area (Å²) in [6, 6.07) is 5.09. The molecule has 1 saturated carbocycles. The smallest absolute Gasteiger partial charge is 0.242 e. The van der Waals surface area contributed by atoms with Gasteiger partial charge in [0.1, 0.15) is 0 Å². The van der Waals surface area contributed by atoms with Gasteiger partial charge in [-0.1, -0.05) is 6.07 Å². The van der Waals surface area contributed by atoms with Crippen molar-refractivity contribution in [2.45, 2.75) is 31.2 Å². The Bertz CT molecular complexity index is 583. The molecule has 0 atom stereocenters. The Kier molecular flexibility index (Phi) is 5.37. The van der Waals surface area contributed by atoms with Crippen LogP contribution >= 0.6 is 0 Å². The first kappa shape index (κ1) is 16.4. The van der Waals surface area contributed by atoms with Crippen LogP contribution in [0.15, 0.2) is 23.1 Å². The lowest BCUT2D eigenvalue weighted by Crippen LogP contribution is -2.30. The van der Waals surface area contributed by atoms with Crippen LogP contribution in [0.5, 0.6) is 0 Å². The molecule has 0 radical (unpaired) electrons. The minimum atomic E-state index is -3.48. The molecular formula is C15H24N2O3S. The zero-order valence-electron chi connectivity index (χ0n) is 12.7. The number of aryl methyl sites for hydroxylation is 1. The molecule has 2 N–H and O–H groups in total. The number of nitrogens with zero attached hydrogens (tertiary/aromatic N) is 1. The minimum absolute atomic E-state index is 0.290. The quantitative estimate of drug-likeness (QED) is 0.738. The average Bonchev–Trinajstić information content (AvgIpc) is 3.27. The third-order valence-electron chi connectivity index (χ3n) is 3.85. The highest BCUT2D eigenvalue weighted by molar-refractivity contribution is 7.89. The predicted molar refractivity (Wildman–Crippen MR) is 82.4 cm³/mol.